The second kappa shape index (κ2) is 9.98. The van der Waals surface area contributed by atoms with Gasteiger partial charge in [-0.15, -0.1) is 0 Å². The summed E-state index contributed by atoms with van der Waals surface area (Å²) in [4.78, 5) is 0. The summed E-state index contributed by atoms with van der Waals surface area (Å²) in [6, 6.07) is 13.7. The Morgan fingerprint density at radius 2 is 1.45 bits per heavy atom. The molecule has 0 amide bonds. The lowest BCUT2D eigenvalue weighted by Gasteiger charge is -2.29. The van der Waals surface area contributed by atoms with E-state index in [9.17, 15) is 17.6 Å². The summed E-state index contributed by atoms with van der Waals surface area (Å²) in [7, 11) is 0. The number of hydrogen-bond acceptors (Lipinski definition) is 1. The van der Waals surface area contributed by atoms with E-state index in [-0.39, 0.29) is 29.8 Å². The molecule has 174 valence electrons. The van der Waals surface area contributed by atoms with Crippen LogP contribution in [0.2, 0.25) is 0 Å². The van der Waals surface area contributed by atoms with Crippen LogP contribution in [-0.2, 0) is 6.42 Å². The van der Waals surface area contributed by atoms with E-state index in [0.29, 0.717) is 36.0 Å². The second-order valence-corrected chi connectivity index (χ2v) is 8.93. The molecular formula is C28H28F4O. The van der Waals surface area contributed by atoms with Crippen molar-refractivity contribution in [1.82, 2.24) is 0 Å². The number of halogens is 4. The third kappa shape index (κ3) is 4.92. The third-order valence-corrected chi connectivity index (χ3v) is 6.74. The quantitative estimate of drug-likeness (QED) is 0.340. The molecule has 0 spiro atoms. The van der Waals surface area contributed by atoms with Crippen LogP contribution in [0.3, 0.4) is 0 Å². The maximum atomic E-state index is 14.9. The minimum Gasteiger partial charge on any atom is -0.490 e. The van der Waals surface area contributed by atoms with E-state index in [1.54, 1.807) is 37.3 Å². The molecule has 3 aromatic rings. The topological polar surface area (TPSA) is 9.23 Å². The predicted octanol–water partition coefficient (Wildman–Crippen LogP) is 8.13. The number of rotatable bonds is 6. The molecule has 0 N–H and O–H groups in total. The molecule has 1 fully saturated rings. The minimum atomic E-state index is -0.950. The van der Waals surface area contributed by atoms with Crippen LogP contribution in [0, 0.1) is 36.1 Å². The van der Waals surface area contributed by atoms with E-state index in [2.05, 4.69) is 0 Å². The van der Waals surface area contributed by atoms with Gasteiger partial charge in [0.2, 0.25) is 5.82 Å². The first-order valence-corrected chi connectivity index (χ1v) is 11.5. The van der Waals surface area contributed by atoms with Gasteiger partial charge < -0.3 is 4.74 Å². The van der Waals surface area contributed by atoms with Gasteiger partial charge in [-0.25, -0.2) is 13.2 Å². The molecule has 1 aliphatic rings. The van der Waals surface area contributed by atoms with Gasteiger partial charge in [0.05, 0.1) is 6.61 Å². The van der Waals surface area contributed by atoms with Crippen LogP contribution in [0.25, 0.3) is 11.1 Å². The standard InChI is InChI=1S/C28H28F4O/c1-3-19-12-15-24(28(32)25(19)29)33-16-18-6-10-21(11-7-18)23-14-13-22(26(30)27(23)31)20-8-4-17(2)5-9-20/h4-5,8-9,12-15,18,21H,3,6-7,10-11,16H2,1-2H3. The smallest absolute Gasteiger partial charge is 0.200 e. The monoisotopic (exact) mass is 456 g/mol. The number of hydrogen-bond donors (Lipinski definition) is 0. The van der Waals surface area contributed by atoms with Gasteiger partial charge in [-0.1, -0.05) is 55.0 Å². The molecule has 0 unspecified atom stereocenters. The van der Waals surface area contributed by atoms with Crippen LogP contribution >= 0.6 is 0 Å². The van der Waals surface area contributed by atoms with Gasteiger partial charge in [-0.2, -0.15) is 4.39 Å². The summed E-state index contributed by atoms with van der Waals surface area (Å²) in [5.74, 6) is -3.38. The first-order chi connectivity index (χ1) is 15.9. The minimum absolute atomic E-state index is 0.0687. The van der Waals surface area contributed by atoms with E-state index < -0.39 is 23.3 Å². The van der Waals surface area contributed by atoms with Gasteiger partial charge in [-0.05, 0) is 73.6 Å². The molecule has 0 saturated heterocycles. The zero-order chi connectivity index (χ0) is 23.5. The molecule has 0 heterocycles. The van der Waals surface area contributed by atoms with Crippen LogP contribution in [0.1, 0.15) is 55.2 Å². The first kappa shape index (κ1) is 23.3. The second-order valence-electron chi connectivity index (χ2n) is 8.93. The molecule has 0 atom stereocenters. The average molecular weight is 457 g/mol. The molecule has 0 radical (unpaired) electrons. The lowest BCUT2D eigenvalue weighted by atomic mass is 9.78. The zero-order valence-electron chi connectivity index (χ0n) is 18.9. The fourth-order valence-corrected chi connectivity index (χ4v) is 4.64. The molecular weight excluding hydrogens is 428 g/mol. The van der Waals surface area contributed by atoms with E-state index in [0.717, 1.165) is 18.4 Å². The molecule has 4 rings (SSSR count). The fourth-order valence-electron chi connectivity index (χ4n) is 4.64. The summed E-state index contributed by atoms with van der Waals surface area (Å²) in [5, 5.41) is 0. The van der Waals surface area contributed by atoms with Gasteiger partial charge in [0, 0.05) is 5.56 Å². The maximum absolute atomic E-state index is 14.9. The number of ether oxygens (including phenoxy) is 1. The van der Waals surface area contributed by atoms with Crippen LogP contribution in [0.5, 0.6) is 5.75 Å². The molecule has 1 aliphatic carbocycles. The number of benzene rings is 3. The third-order valence-electron chi connectivity index (χ3n) is 6.74. The lowest BCUT2D eigenvalue weighted by Crippen LogP contribution is -2.20. The highest BCUT2D eigenvalue weighted by Crippen LogP contribution is 2.39. The largest absolute Gasteiger partial charge is 0.490 e. The molecule has 3 aromatic carbocycles. The van der Waals surface area contributed by atoms with E-state index in [1.165, 1.54) is 6.07 Å². The molecule has 1 nitrogen and oxygen atoms in total. The average Bonchev–Trinajstić information content (AvgIpc) is 2.83. The highest BCUT2D eigenvalue weighted by Gasteiger charge is 2.27. The highest BCUT2D eigenvalue weighted by molar-refractivity contribution is 5.65. The van der Waals surface area contributed by atoms with Gasteiger partial charge in [0.1, 0.15) is 0 Å². The Morgan fingerprint density at radius 1 is 0.758 bits per heavy atom. The Balaban J connectivity index is 1.38. The Bertz CT molecular complexity index is 1120. The van der Waals surface area contributed by atoms with Crippen molar-refractivity contribution in [2.24, 2.45) is 5.92 Å². The Hall–Kier alpha value is -2.82. The summed E-state index contributed by atoms with van der Waals surface area (Å²) >= 11 is 0. The molecule has 0 aliphatic heterocycles. The van der Waals surface area contributed by atoms with Gasteiger partial charge in [0.25, 0.3) is 0 Å². The van der Waals surface area contributed by atoms with Crippen molar-refractivity contribution in [2.75, 3.05) is 6.61 Å². The van der Waals surface area contributed by atoms with Crippen molar-refractivity contribution in [3.8, 4) is 16.9 Å². The summed E-state index contributed by atoms with van der Waals surface area (Å²) in [6.45, 7) is 3.99. The predicted molar refractivity (Wildman–Crippen MR) is 122 cm³/mol. The highest BCUT2D eigenvalue weighted by atomic mass is 19.2. The van der Waals surface area contributed by atoms with Crippen LogP contribution in [-0.4, -0.2) is 6.61 Å². The van der Waals surface area contributed by atoms with Gasteiger partial charge >= 0.3 is 0 Å². The van der Waals surface area contributed by atoms with Crippen molar-refractivity contribution in [3.63, 3.8) is 0 Å². The zero-order valence-corrected chi connectivity index (χ0v) is 18.9. The lowest BCUT2D eigenvalue weighted by molar-refractivity contribution is 0.191. The molecule has 33 heavy (non-hydrogen) atoms. The van der Waals surface area contributed by atoms with Crippen LogP contribution in [0.15, 0.2) is 48.5 Å². The summed E-state index contributed by atoms with van der Waals surface area (Å²) in [6.07, 6.45) is 3.31. The van der Waals surface area contributed by atoms with Gasteiger partial charge in [0.15, 0.2) is 23.2 Å². The molecule has 0 bridgehead atoms. The van der Waals surface area contributed by atoms with Crippen LogP contribution in [0.4, 0.5) is 17.6 Å². The van der Waals surface area contributed by atoms with E-state index in [4.69, 9.17) is 4.74 Å². The maximum Gasteiger partial charge on any atom is 0.200 e. The van der Waals surface area contributed by atoms with Crippen molar-refractivity contribution < 1.29 is 22.3 Å². The molecule has 5 heteroatoms. The van der Waals surface area contributed by atoms with Crippen molar-refractivity contribution in [2.45, 2.75) is 51.9 Å². The Kier molecular flexibility index (Phi) is 7.06. The normalized spacial score (nSPS) is 18.4. The van der Waals surface area contributed by atoms with Crippen LogP contribution < -0.4 is 4.74 Å². The van der Waals surface area contributed by atoms with E-state index in [1.807, 2.05) is 19.1 Å². The SMILES string of the molecule is CCc1ccc(OCC2CCC(c3ccc(-c4ccc(C)cc4)c(F)c3F)CC2)c(F)c1F. The van der Waals surface area contributed by atoms with Crippen molar-refractivity contribution >= 4 is 0 Å². The molecule has 1 saturated carbocycles. The first-order valence-electron chi connectivity index (χ1n) is 11.5. The van der Waals surface area contributed by atoms with Crippen molar-refractivity contribution in [3.05, 3.63) is 88.5 Å². The Morgan fingerprint density at radius 3 is 2.12 bits per heavy atom. The van der Waals surface area contributed by atoms with E-state index >= 15 is 0 Å². The summed E-state index contributed by atoms with van der Waals surface area (Å²) in [5.41, 5.74) is 2.71. The van der Waals surface area contributed by atoms with Gasteiger partial charge in [-0.3, -0.25) is 0 Å². The van der Waals surface area contributed by atoms with Crippen molar-refractivity contribution in [1.29, 1.82) is 0 Å². The molecule has 0 aromatic heterocycles. The summed E-state index contributed by atoms with van der Waals surface area (Å²) < 4.78 is 63.5. The number of aryl methyl sites for hydroxylation is 2. The fraction of sp³-hybridized carbons (Fsp3) is 0.357. The Labute approximate surface area is 192 Å².